The molecule has 0 aromatic carbocycles. The van der Waals surface area contributed by atoms with Crippen LogP contribution in [0.25, 0.3) is 0 Å². The van der Waals surface area contributed by atoms with Crippen LogP contribution in [-0.2, 0) is 0 Å². The molecule has 13 heavy (non-hydrogen) atoms. The molecule has 1 nitrogen and oxygen atoms in total. The molecule has 1 rings (SSSR count). The van der Waals surface area contributed by atoms with Gasteiger partial charge in [0, 0.05) is 0 Å². The Bertz CT molecular complexity index is 123. The van der Waals surface area contributed by atoms with E-state index < -0.39 is 0 Å². The van der Waals surface area contributed by atoms with Crippen LogP contribution in [0.5, 0.6) is 0 Å². The topological polar surface area (TPSA) is 20.2 Å². The van der Waals surface area contributed by atoms with Gasteiger partial charge in [-0.15, -0.1) is 0 Å². The molecule has 0 aromatic heterocycles. The van der Waals surface area contributed by atoms with E-state index in [4.69, 9.17) is 0 Å². The van der Waals surface area contributed by atoms with E-state index >= 15 is 0 Å². The van der Waals surface area contributed by atoms with Crippen molar-refractivity contribution in [2.24, 2.45) is 0 Å². The fraction of sp³-hybridized carbons (Fsp3) is 1.00. The lowest BCUT2D eigenvalue weighted by atomic mass is 9.89. The summed E-state index contributed by atoms with van der Waals surface area (Å²) in [5, 5.41) is 10.3. The van der Waals surface area contributed by atoms with E-state index in [1.54, 1.807) is 0 Å². The minimum atomic E-state index is -0.286. The highest BCUT2D eigenvalue weighted by atomic mass is 16.3. The third kappa shape index (κ3) is 4.12. The maximum absolute atomic E-state index is 10.3. The van der Waals surface area contributed by atoms with Gasteiger partial charge in [-0.05, 0) is 19.3 Å². The molecule has 0 radical (unpaired) electrons. The molecule has 1 saturated carbocycles. The third-order valence-corrected chi connectivity index (χ3v) is 3.28. The quantitative estimate of drug-likeness (QED) is 0.522. The van der Waals surface area contributed by atoms with Gasteiger partial charge in [0.25, 0.3) is 0 Å². The minimum Gasteiger partial charge on any atom is -0.390 e. The van der Waals surface area contributed by atoms with Crippen LogP contribution in [0, 0.1) is 0 Å². The van der Waals surface area contributed by atoms with Gasteiger partial charge >= 0.3 is 0 Å². The maximum Gasteiger partial charge on any atom is 0.0647 e. The molecule has 1 N–H and O–H groups in total. The van der Waals surface area contributed by atoms with Crippen molar-refractivity contribution in [1.82, 2.24) is 0 Å². The first kappa shape index (κ1) is 11.0. The van der Waals surface area contributed by atoms with Crippen LogP contribution in [-0.4, -0.2) is 10.7 Å². The van der Waals surface area contributed by atoms with E-state index in [1.165, 1.54) is 44.9 Å². The van der Waals surface area contributed by atoms with Gasteiger partial charge < -0.3 is 5.11 Å². The highest BCUT2D eigenvalue weighted by Gasteiger charge is 2.26. The zero-order chi connectivity index (χ0) is 9.57. The average Bonchev–Trinajstić information content (AvgIpc) is 2.31. The van der Waals surface area contributed by atoms with Gasteiger partial charge in [0.1, 0.15) is 0 Å². The van der Waals surface area contributed by atoms with Crippen LogP contribution in [0.1, 0.15) is 71.1 Å². The average molecular weight is 184 g/mol. The smallest absolute Gasteiger partial charge is 0.0647 e. The van der Waals surface area contributed by atoms with E-state index in [2.05, 4.69) is 6.92 Å². The van der Waals surface area contributed by atoms with Gasteiger partial charge in [0.15, 0.2) is 0 Å². The number of rotatable bonds is 4. The number of aliphatic hydroxyl groups is 1. The molecular weight excluding hydrogens is 160 g/mol. The Kier molecular flexibility index (Phi) is 4.79. The lowest BCUT2D eigenvalue weighted by Gasteiger charge is -2.26. The summed E-state index contributed by atoms with van der Waals surface area (Å²) < 4.78 is 0. The Labute approximate surface area is 82.5 Å². The SMILES string of the molecule is CCCCCC1(O)CCCCCC1. The Hall–Kier alpha value is -0.0400. The Balaban J connectivity index is 2.25. The monoisotopic (exact) mass is 184 g/mol. The first-order chi connectivity index (χ1) is 6.27. The van der Waals surface area contributed by atoms with Crippen LogP contribution in [0.4, 0.5) is 0 Å². The summed E-state index contributed by atoms with van der Waals surface area (Å²) in [5.74, 6) is 0. The van der Waals surface area contributed by atoms with Gasteiger partial charge in [0.2, 0.25) is 0 Å². The minimum absolute atomic E-state index is 0.286. The van der Waals surface area contributed by atoms with E-state index in [9.17, 15) is 5.11 Å². The summed E-state index contributed by atoms with van der Waals surface area (Å²) in [6.07, 6.45) is 12.0. The van der Waals surface area contributed by atoms with E-state index in [-0.39, 0.29) is 5.60 Å². The highest BCUT2D eigenvalue weighted by molar-refractivity contribution is 4.80. The molecule has 1 heteroatoms. The van der Waals surface area contributed by atoms with Crippen molar-refractivity contribution >= 4 is 0 Å². The van der Waals surface area contributed by atoms with Crippen molar-refractivity contribution in [3.63, 3.8) is 0 Å². The number of unbranched alkanes of at least 4 members (excludes halogenated alkanes) is 2. The summed E-state index contributed by atoms with van der Waals surface area (Å²) in [5.41, 5.74) is -0.286. The largest absolute Gasteiger partial charge is 0.390 e. The lowest BCUT2D eigenvalue weighted by molar-refractivity contribution is 0.0141. The molecule has 1 fully saturated rings. The van der Waals surface area contributed by atoms with E-state index in [0.717, 1.165) is 19.3 Å². The zero-order valence-electron chi connectivity index (χ0n) is 9.02. The van der Waals surface area contributed by atoms with Crippen molar-refractivity contribution in [2.45, 2.75) is 76.7 Å². The van der Waals surface area contributed by atoms with Gasteiger partial charge in [-0.1, -0.05) is 51.9 Å². The van der Waals surface area contributed by atoms with E-state index in [1.807, 2.05) is 0 Å². The van der Waals surface area contributed by atoms with Crippen LogP contribution in [0.2, 0.25) is 0 Å². The van der Waals surface area contributed by atoms with Gasteiger partial charge in [-0.3, -0.25) is 0 Å². The predicted octanol–water partition coefficient (Wildman–Crippen LogP) is 3.65. The number of hydrogen-bond donors (Lipinski definition) is 1. The summed E-state index contributed by atoms with van der Waals surface area (Å²) in [6, 6.07) is 0. The lowest BCUT2D eigenvalue weighted by Crippen LogP contribution is -2.27. The summed E-state index contributed by atoms with van der Waals surface area (Å²) in [6.45, 7) is 2.22. The summed E-state index contributed by atoms with van der Waals surface area (Å²) in [4.78, 5) is 0. The molecular formula is C12H24O. The zero-order valence-corrected chi connectivity index (χ0v) is 9.02. The Morgan fingerprint density at radius 2 is 1.62 bits per heavy atom. The van der Waals surface area contributed by atoms with Gasteiger partial charge in [-0.25, -0.2) is 0 Å². The molecule has 0 spiro atoms. The highest BCUT2D eigenvalue weighted by Crippen LogP contribution is 2.31. The second-order valence-electron chi connectivity index (χ2n) is 4.60. The van der Waals surface area contributed by atoms with Crippen LogP contribution >= 0.6 is 0 Å². The fourth-order valence-corrected chi connectivity index (χ4v) is 2.34. The third-order valence-electron chi connectivity index (χ3n) is 3.28. The molecule has 0 unspecified atom stereocenters. The molecule has 0 atom stereocenters. The van der Waals surface area contributed by atoms with E-state index in [0.29, 0.717) is 0 Å². The molecule has 0 heterocycles. The van der Waals surface area contributed by atoms with Crippen LogP contribution < -0.4 is 0 Å². The second-order valence-corrected chi connectivity index (χ2v) is 4.60. The molecule has 0 amide bonds. The molecule has 1 aliphatic carbocycles. The number of hydrogen-bond acceptors (Lipinski definition) is 1. The first-order valence-corrected chi connectivity index (χ1v) is 5.99. The normalized spacial score (nSPS) is 22.6. The Morgan fingerprint density at radius 3 is 2.15 bits per heavy atom. The molecule has 78 valence electrons. The second kappa shape index (κ2) is 5.64. The fourth-order valence-electron chi connectivity index (χ4n) is 2.34. The first-order valence-electron chi connectivity index (χ1n) is 5.99. The van der Waals surface area contributed by atoms with Crippen molar-refractivity contribution in [1.29, 1.82) is 0 Å². The summed E-state index contributed by atoms with van der Waals surface area (Å²) >= 11 is 0. The van der Waals surface area contributed by atoms with Crippen molar-refractivity contribution in [3.8, 4) is 0 Å². The molecule has 0 saturated heterocycles. The maximum atomic E-state index is 10.3. The van der Waals surface area contributed by atoms with Crippen LogP contribution in [0.3, 0.4) is 0 Å². The molecule has 0 bridgehead atoms. The van der Waals surface area contributed by atoms with Gasteiger partial charge in [-0.2, -0.15) is 0 Å². The van der Waals surface area contributed by atoms with Crippen molar-refractivity contribution in [3.05, 3.63) is 0 Å². The van der Waals surface area contributed by atoms with Crippen molar-refractivity contribution in [2.75, 3.05) is 0 Å². The molecule has 0 aliphatic heterocycles. The Morgan fingerprint density at radius 1 is 1.00 bits per heavy atom. The molecule has 1 aliphatic rings. The predicted molar refractivity (Wildman–Crippen MR) is 56.8 cm³/mol. The van der Waals surface area contributed by atoms with Gasteiger partial charge in [0.05, 0.1) is 5.60 Å². The summed E-state index contributed by atoms with van der Waals surface area (Å²) in [7, 11) is 0. The van der Waals surface area contributed by atoms with Crippen molar-refractivity contribution < 1.29 is 5.11 Å². The molecule has 0 aromatic rings. The van der Waals surface area contributed by atoms with Crippen LogP contribution in [0.15, 0.2) is 0 Å². The standard InChI is InChI=1S/C12H24O/c1-2-3-6-9-12(13)10-7-4-5-8-11-12/h13H,2-11H2,1H3.